The monoisotopic (exact) mass is 400 g/mol. The van der Waals surface area contributed by atoms with E-state index in [1.165, 1.54) is 16.7 Å². The molecule has 0 aliphatic carbocycles. The van der Waals surface area contributed by atoms with Crippen molar-refractivity contribution in [1.82, 2.24) is 9.80 Å². The van der Waals surface area contributed by atoms with Gasteiger partial charge in [-0.05, 0) is 6.07 Å². The molecule has 2 fully saturated rings. The minimum Gasteiger partial charge on any atom is -0.456 e. The number of likely N-dealkylation sites (N-methyl/N-ethyl adjacent to an activating group) is 1. The van der Waals surface area contributed by atoms with E-state index in [9.17, 15) is 4.79 Å². The third-order valence-corrected chi connectivity index (χ3v) is 6.13. The van der Waals surface area contributed by atoms with Crippen molar-refractivity contribution < 1.29 is 13.9 Å². The summed E-state index contributed by atoms with van der Waals surface area (Å²) >= 11 is 6.54. The fourth-order valence-electron chi connectivity index (χ4n) is 3.10. The van der Waals surface area contributed by atoms with Gasteiger partial charge in [-0.3, -0.25) is 14.6 Å². The Morgan fingerprint density at radius 3 is 2.63 bits per heavy atom. The van der Waals surface area contributed by atoms with Crippen LogP contribution in [0.25, 0.3) is 17.4 Å². The van der Waals surface area contributed by atoms with Gasteiger partial charge in [0.2, 0.25) is 0 Å². The second-order valence-electron chi connectivity index (χ2n) is 6.50. The van der Waals surface area contributed by atoms with Crippen LogP contribution < -0.4 is 0 Å². The lowest BCUT2D eigenvalue weighted by Crippen LogP contribution is -2.35. The Balaban J connectivity index is 1.68. The summed E-state index contributed by atoms with van der Waals surface area (Å²) in [7, 11) is 1.70. The second kappa shape index (κ2) is 7.98. The summed E-state index contributed by atoms with van der Waals surface area (Å²) in [6.45, 7) is 4.03. The van der Waals surface area contributed by atoms with Gasteiger partial charge in [-0.15, -0.1) is 0 Å². The van der Waals surface area contributed by atoms with Crippen LogP contribution in [0.1, 0.15) is 11.3 Å². The van der Waals surface area contributed by atoms with Crippen molar-refractivity contribution >= 4 is 40.3 Å². The van der Waals surface area contributed by atoms with Crippen molar-refractivity contribution in [3.05, 3.63) is 52.6 Å². The van der Waals surface area contributed by atoms with Crippen molar-refractivity contribution in [2.45, 2.75) is 6.54 Å². The van der Waals surface area contributed by atoms with Crippen molar-refractivity contribution in [1.29, 1.82) is 0 Å². The predicted molar refractivity (Wildman–Crippen MR) is 111 cm³/mol. The second-order valence-corrected chi connectivity index (χ2v) is 8.17. The highest BCUT2D eigenvalue weighted by Crippen LogP contribution is 2.34. The number of carbonyl (C=O) groups is 1. The van der Waals surface area contributed by atoms with Crippen LogP contribution in [0.5, 0.6) is 0 Å². The number of hydrogen-bond donors (Lipinski definition) is 0. The molecule has 1 aromatic carbocycles. The van der Waals surface area contributed by atoms with E-state index in [-0.39, 0.29) is 5.91 Å². The molecule has 140 valence electrons. The van der Waals surface area contributed by atoms with Gasteiger partial charge in [0, 0.05) is 43.9 Å². The van der Waals surface area contributed by atoms with E-state index in [1.54, 1.807) is 7.05 Å². The first-order valence-corrected chi connectivity index (χ1v) is 10.0. The Morgan fingerprint density at radius 2 is 1.96 bits per heavy atom. The number of thioether (sulfide) groups is 1. The molecular formula is C20H20N2O3S2. The highest BCUT2D eigenvalue weighted by Gasteiger charge is 2.29. The van der Waals surface area contributed by atoms with Crippen LogP contribution in [0, 0.1) is 0 Å². The molecule has 4 rings (SSSR count). The highest BCUT2D eigenvalue weighted by atomic mass is 32.2. The van der Waals surface area contributed by atoms with Crippen LogP contribution in [-0.4, -0.2) is 53.4 Å². The molecule has 0 bridgehead atoms. The molecule has 2 aliphatic heterocycles. The molecule has 1 aromatic heterocycles. The fourth-order valence-corrected chi connectivity index (χ4v) is 4.25. The molecule has 7 heteroatoms. The molecule has 3 heterocycles. The Hall–Kier alpha value is -1.93. The number of benzene rings is 1. The quantitative estimate of drug-likeness (QED) is 0.577. The number of thiocarbonyl (C=S) groups is 1. The van der Waals surface area contributed by atoms with Gasteiger partial charge in [0.25, 0.3) is 5.91 Å². The third kappa shape index (κ3) is 4.01. The van der Waals surface area contributed by atoms with E-state index < -0.39 is 0 Å². The van der Waals surface area contributed by atoms with Crippen LogP contribution in [-0.2, 0) is 16.1 Å². The van der Waals surface area contributed by atoms with Gasteiger partial charge < -0.3 is 9.15 Å². The number of nitrogens with zero attached hydrogens (tertiary/aromatic N) is 2. The largest absolute Gasteiger partial charge is 0.456 e. The van der Waals surface area contributed by atoms with E-state index in [1.807, 2.05) is 36.4 Å². The zero-order valence-corrected chi connectivity index (χ0v) is 16.6. The summed E-state index contributed by atoms with van der Waals surface area (Å²) in [5.74, 6) is 1.44. The van der Waals surface area contributed by atoms with Gasteiger partial charge in [0.1, 0.15) is 15.8 Å². The molecule has 2 saturated heterocycles. The molecule has 0 N–H and O–H groups in total. The zero-order valence-electron chi connectivity index (χ0n) is 15.0. The average molecular weight is 401 g/mol. The third-order valence-electron chi connectivity index (χ3n) is 4.65. The van der Waals surface area contributed by atoms with Crippen molar-refractivity contribution in [2.75, 3.05) is 33.4 Å². The number of rotatable bonds is 4. The molecule has 0 saturated carbocycles. The maximum atomic E-state index is 12.4. The summed E-state index contributed by atoms with van der Waals surface area (Å²) in [5.41, 5.74) is 2.08. The molecule has 1 amide bonds. The zero-order chi connectivity index (χ0) is 18.8. The first-order chi connectivity index (χ1) is 13.1. The van der Waals surface area contributed by atoms with Crippen LogP contribution in [0.3, 0.4) is 0 Å². The molecule has 0 spiro atoms. The number of hydrogen-bond acceptors (Lipinski definition) is 6. The number of morpholine rings is 1. The fraction of sp³-hybridized carbons (Fsp3) is 0.300. The summed E-state index contributed by atoms with van der Waals surface area (Å²) in [6.07, 6.45) is 1.82. The highest BCUT2D eigenvalue weighted by molar-refractivity contribution is 8.26. The smallest absolute Gasteiger partial charge is 0.266 e. The Kier molecular flexibility index (Phi) is 5.45. The van der Waals surface area contributed by atoms with Crippen LogP contribution >= 0.6 is 24.0 Å². The molecule has 2 aliphatic rings. The topological polar surface area (TPSA) is 45.9 Å². The van der Waals surface area contributed by atoms with E-state index in [2.05, 4.69) is 11.0 Å². The van der Waals surface area contributed by atoms with Crippen molar-refractivity contribution in [3.8, 4) is 11.3 Å². The van der Waals surface area contributed by atoms with Crippen LogP contribution in [0.4, 0.5) is 0 Å². The maximum Gasteiger partial charge on any atom is 0.266 e. The normalized spacial score (nSPS) is 20.0. The van der Waals surface area contributed by atoms with Crippen molar-refractivity contribution in [2.24, 2.45) is 0 Å². The van der Waals surface area contributed by atoms with Crippen molar-refractivity contribution in [3.63, 3.8) is 0 Å². The van der Waals surface area contributed by atoms with E-state index in [4.69, 9.17) is 21.4 Å². The molecule has 2 aromatic rings. The van der Waals surface area contributed by atoms with Crippen LogP contribution in [0.15, 0.2) is 45.7 Å². The summed E-state index contributed by atoms with van der Waals surface area (Å²) in [4.78, 5) is 16.8. The van der Waals surface area contributed by atoms with E-state index in [0.29, 0.717) is 15.0 Å². The predicted octanol–water partition coefficient (Wildman–Crippen LogP) is 3.61. The average Bonchev–Trinajstić information content (AvgIpc) is 3.20. The summed E-state index contributed by atoms with van der Waals surface area (Å²) in [6, 6.07) is 12.1. The lowest BCUT2D eigenvalue weighted by atomic mass is 10.1. The lowest BCUT2D eigenvalue weighted by molar-refractivity contribution is -0.121. The summed E-state index contributed by atoms with van der Waals surface area (Å²) < 4.78 is 12.2. The van der Waals surface area contributed by atoms with E-state index in [0.717, 1.165) is 49.7 Å². The standard InChI is InChI=1S/C20H20N2O3S2/c1-21-19(23)18(27-20(21)26)12-17-15(13-22-7-9-24-10-8-22)11-16(25-17)14-5-3-2-4-6-14/h2-6,11-12H,7-10,13H2,1H3/b18-12-. The molecule has 0 unspecified atom stereocenters. The number of ether oxygens (including phenoxy) is 1. The molecule has 0 atom stereocenters. The number of furan rings is 1. The van der Waals surface area contributed by atoms with Gasteiger partial charge >= 0.3 is 0 Å². The molecule has 27 heavy (non-hydrogen) atoms. The van der Waals surface area contributed by atoms with Gasteiger partial charge in [-0.25, -0.2) is 0 Å². The van der Waals surface area contributed by atoms with Gasteiger partial charge in [-0.2, -0.15) is 0 Å². The first-order valence-electron chi connectivity index (χ1n) is 8.81. The van der Waals surface area contributed by atoms with Gasteiger partial charge in [0.05, 0.1) is 18.1 Å². The molecule has 5 nitrogen and oxygen atoms in total. The maximum absolute atomic E-state index is 12.4. The first kappa shape index (κ1) is 18.4. The number of amides is 1. The Bertz CT molecular complexity index is 886. The van der Waals surface area contributed by atoms with Gasteiger partial charge in [-0.1, -0.05) is 54.3 Å². The van der Waals surface area contributed by atoms with E-state index >= 15 is 0 Å². The number of carbonyl (C=O) groups excluding carboxylic acids is 1. The van der Waals surface area contributed by atoms with Crippen LogP contribution in [0.2, 0.25) is 0 Å². The van der Waals surface area contributed by atoms with Gasteiger partial charge in [0.15, 0.2) is 0 Å². The summed E-state index contributed by atoms with van der Waals surface area (Å²) in [5, 5.41) is 0. The lowest BCUT2D eigenvalue weighted by Gasteiger charge is -2.26. The molecule has 0 radical (unpaired) electrons. The minimum atomic E-state index is -0.0833. The molecular weight excluding hydrogens is 380 g/mol. The Morgan fingerprint density at radius 1 is 1.22 bits per heavy atom. The minimum absolute atomic E-state index is 0.0833. The SMILES string of the molecule is CN1C(=O)/C(=C/c2oc(-c3ccccc3)cc2CN2CCOCC2)SC1=S. The Labute approximate surface area is 168 Å².